The zero-order valence-electron chi connectivity index (χ0n) is 16.5. The molecule has 0 radical (unpaired) electrons. The number of benzene rings is 2. The number of fused-ring (bicyclic) bond motifs is 1. The monoisotopic (exact) mass is 409 g/mol. The average molecular weight is 410 g/mol. The number of hydrogen-bond donors (Lipinski definition) is 0. The fraction of sp³-hybridized carbons (Fsp3) is 0.273. The molecule has 3 aromatic rings. The topological polar surface area (TPSA) is 57.3 Å². The predicted molar refractivity (Wildman–Crippen MR) is 115 cm³/mol. The van der Waals surface area contributed by atoms with Crippen LogP contribution in [0.4, 0.5) is 0 Å². The Balaban J connectivity index is 1.76. The number of thiazole rings is 1. The van der Waals surface area contributed by atoms with Crippen LogP contribution in [0.3, 0.4) is 0 Å². The smallest absolute Gasteiger partial charge is 0.206 e. The molecule has 0 fully saturated rings. The molecular weight excluding hydrogens is 386 g/mol. The second-order valence-electron chi connectivity index (χ2n) is 6.55. The summed E-state index contributed by atoms with van der Waals surface area (Å²) in [5, 5.41) is 6.82. The first kappa shape index (κ1) is 19.4. The summed E-state index contributed by atoms with van der Waals surface area (Å²) in [6.07, 6.45) is 1.87. The van der Waals surface area contributed by atoms with Crippen molar-refractivity contribution in [2.24, 2.45) is 10.1 Å². The van der Waals surface area contributed by atoms with Crippen LogP contribution in [0, 0.1) is 6.92 Å². The Hall–Kier alpha value is -2.90. The average Bonchev–Trinajstić information content (AvgIpc) is 3.16. The number of aryl methyl sites for hydroxylation is 1. The van der Waals surface area contributed by atoms with Gasteiger partial charge in [-0.25, -0.2) is 4.68 Å². The van der Waals surface area contributed by atoms with Crippen molar-refractivity contribution in [1.29, 1.82) is 0 Å². The molecule has 4 rings (SSSR count). The lowest BCUT2D eigenvalue weighted by Gasteiger charge is -2.18. The van der Waals surface area contributed by atoms with Crippen LogP contribution in [-0.4, -0.2) is 44.4 Å². The SMILES string of the molecule is COCCN=c1scc(-c2ccc3c(c2)OCCO3)n1/N=C\c1ccccc1C. The Labute approximate surface area is 173 Å². The first-order valence-electron chi connectivity index (χ1n) is 9.46. The molecule has 29 heavy (non-hydrogen) atoms. The Bertz CT molecular complexity index is 1080. The first-order valence-corrected chi connectivity index (χ1v) is 10.3. The fourth-order valence-corrected chi connectivity index (χ4v) is 3.87. The van der Waals surface area contributed by atoms with Gasteiger partial charge in [0, 0.05) is 18.1 Å². The predicted octanol–water partition coefficient (Wildman–Crippen LogP) is 3.73. The minimum absolute atomic E-state index is 0.559. The highest BCUT2D eigenvalue weighted by Crippen LogP contribution is 2.34. The van der Waals surface area contributed by atoms with Gasteiger partial charge in [0.1, 0.15) is 13.2 Å². The number of hydrogen-bond acceptors (Lipinski definition) is 6. The van der Waals surface area contributed by atoms with Crippen molar-refractivity contribution < 1.29 is 14.2 Å². The van der Waals surface area contributed by atoms with Crippen molar-refractivity contribution in [2.45, 2.75) is 6.92 Å². The van der Waals surface area contributed by atoms with Gasteiger partial charge in [-0.3, -0.25) is 4.99 Å². The lowest BCUT2D eigenvalue weighted by Crippen LogP contribution is -2.16. The second kappa shape index (κ2) is 9.07. The van der Waals surface area contributed by atoms with Crippen LogP contribution in [0.25, 0.3) is 11.3 Å². The molecule has 0 spiro atoms. The van der Waals surface area contributed by atoms with Gasteiger partial charge in [-0.1, -0.05) is 24.3 Å². The molecule has 1 aliphatic heterocycles. The van der Waals surface area contributed by atoms with Gasteiger partial charge in [0.2, 0.25) is 4.80 Å². The molecule has 0 bridgehead atoms. The highest BCUT2D eigenvalue weighted by Gasteiger charge is 2.15. The van der Waals surface area contributed by atoms with Crippen LogP contribution in [0.5, 0.6) is 11.5 Å². The van der Waals surface area contributed by atoms with Gasteiger partial charge >= 0.3 is 0 Å². The van der Waals surface area contributed by atoms with Gasteiger partial charge in [-0.15, -0.1) is 11.3 Å². The third-order valence-electron chi connectivity index (χ3n) is 4.57. The van der Waals surface area contributed by atoms with Gasteiger partial charge in [-0.2, -0.15) is 5.10 Å². The largest absolute Gasteiger partial charge is 0.486 e. The molecule has 0 aliphatic carbocycles. The number of rotatable bonds is 6. The van der Waals surface area contributed by atoms with Gasteiger partial charge < -0.3 is 14.2 Å². The lowest BCUT2D eigenvalue weighted by molar-refractivity contribution is 0.171. The summed E-state index contributed by atoms with van der Waals surface area (Å²) in [4.78, 5) is 5.47. The number of aromatic nitrogens is 1. The number of methoxy groups -OCH3 is 1. The third-order valence-corrected chi connectivity index (χ3v) is 5.42. The summed E-state index contributed by atoms with van der Waals surface area (Å²) < 4.78 is 18.4. The van der Waals surface area contributed by atoms with E-state index in [0.29, 0.717) is 26.4 Å². The Morgan fingerprint density at radius 2 is 1.97 bits per heavy atom. The van der Waals surface area contributed by atoms with Gasteiger partial charge in [0.05, 0.1) is 25.1 Å². The van der Waals surface area contributed by atoms with Crippen molar-refractivity contribution in [3.63, 3.8) is 0 Å². The van der Waals surface area contributed by atoms with E-state index >= 15 is 0 Å². The van der Waals surface area contributed by atoms with E-state index in [-0.39, 0.29) is 0 Å². The Kier molecular flexibility index (Phi) is 6.07. The molecule has 2 aromatic carbocycles. The molecule has 1 aromatic heterocycles. The molecule has 2 heterocycles. The van der Waals surface area contributed by atoms with E-state index < -0.39 is 0 Å². The normalized spacial score (nSPS) is 13.9. The van der Waals surface area contributed by atoms with Crippen molar-refractivity contribution in [1.82, 2.24) is 4.68 Å². The summed E-state index contributed by atoms with van der Waals surface area (Å²) in [5.41, 5.74) is 4.20. The molecular formula is C22H23N3O3S. The summed E-state index contributed by atoms with van der Waals surface area (Å²) in [6, 6.07) is 14.1. The summed E-state index contributed by atoms with van der Waals surface area (Å²) in [6.45, 7) is 4.36. The van der Waals surface area contributed by atoms with Crippen molar-refractivity contribution in [2.75, 3.05) is 33.5 Å². The van der Waals surface area contributed by atoms with E-state index in [1.165, 1.54) is 5.56 Å². The molecule has 0 saturated carbocycles. The number of ether oxygens (including phenoxy) is 3. The maximum Gasteiger partial charge on any atom is 0.206 e. The zero-order valence-corrected chi connectivity index (χ0v) is 17.3. The maximum atomic E-state index is 5.75. The minimum atomic E-state index is 0.559. The highest BCUT2D eigenvalue weighted by atomic mass is 32.1. The van der Waals surface area contributed by atoms with Gasteiger partial charge in [0.25, 0.3) is 0 Å². The molecule has 0 saturated heterocycles. The van der Waals surface area contributed by atoms with E-state index in [1.54, 1.807) is 18.4 Å². The van der Waals surface area contributed by atoms with Crippen LogP contribution in [-0.2, 0) is 4.74 Å². The Morgan fingerprint density at radius 3 is 2.79 bits per heavy atom. The first-order chi connectivity index (χ1) is 14.3. The summed E-state index contributed by atoms with van der Waals surface area (Å²) in [5.74, 6) is 1.53. The van der Waals surface area contributed by atoms with Crippen molar-refractivity contribution >= 4 is 17.6 Å². The van der Waals surface area contributed by atoms with E-state index in [1.807, 2.05) is 41.2 Å². The fourth-order valence-electron chi connectivity index (χ4n) is 3.00. The molecule has 150 valence electrons. The third kappa shape index (κ3) is 4.41. The van der Waals surface area contributed by atoms with Crippen LogP contribution in [0.15, 0.2) is 57.9 Å². The molecule has 1 aliphatic rings. The Morgan fingerprint density at radius 1 is 1.14 bits per heavy atom. The molecule has 0 N–H and O–H groups in total. The molecule has 0 amide bonds. The van der Waals surface area contributed by atoms with Crippen LogP contribution in [0.2, 0.25) is 0 Å². The van der Waals surface area contributed by atoms with Crippen LogP contribution in [0.1, 0.15) is 11.1 Å². The summed E-state index contributed by atoms with van der Waals surface area (Å²) >= 11 is 1.55. The summed E-state index contributed by atoms with van der Waals surface area (Å²) in [7, 11) is 1.68. The molecule has 0 atom stereocenters. The molecule has 7 heteroatoms. The number of nitrogens with zero attached hydrogens (tertiary/aromatic N) is 3. The van der Waals surface area contributed by atoms with Gasteiger partial charge in [0.15, 0.2) is 11.5 Å². The maximum absolute atomic E-state index is 5.75. The standard InChI is InChI=1S/C22H23N3O3S/c1-16-5-3-4-6-18(16)14-24-25-19(15-29-22(25)23-9-10-26-2)17-7-8-20-21(13-17)28-12-11-27-20/h3-8,13-15H,9-12H2,1-2H3/b23-22?,24-14-. The molecule has 0 unspecified atom stereocenters. The van der Waals surface area contributed by atoms with Crippen LogP contribution < -0.4 is 14.3 Å². The quantitative estimate of drug-likeness (QED) is 0.461. The van der Waals surface area contributed by atoms with Crippen molar-refractivity contribution in [3.05, 3.63) is 63.8 Å². The highest BCUT2D eigenvalue weighted by molar-refractivity contribution is 7.07. The zero-order chi connectivity index (χ0) is 20.1. The molecule has 6 nitrogen and oxygen atoms in total. The minimum Gasteiger partial charge on any atom is -0.486 e. The second-order valence-corrected chi connectivity index (χ2v) is 7.39. The van der Waals surface area contributed by atoms with E-state index in [2.05, 4.69) is 29.4 Å². The van der Waals surface area contributed by atoms with Crippen molar-refractivity contribution in [3.8, 4) is 22.8 Å². The lowest BCUT2D eigenvalue weighted by atomic mass is 10.1. The van der Waals surface area contributed by atoms with E-state index in [9.17, 15) is 0 Å². The van der Waals surface area contributed by atoms with E-state index in [0.717, 1.165) is 33.1 Å². The van der Waals surface area contributed by atoms with Gasteiger partial charge in [-0.05, 0) is 36.2 Å². The van der Waals surface area contributed by atoms with Crippen LogP contribution >= 0.6 is 11.3 Å². The van der Waals surface area contributed by atoms with E-state index in [4.69, 9.17) is 19.3 Å².